The van der Waals surface area contributed by atoms with Gasteiger partial charge in [0, 0.05) is 18.0 Å². The molecule has 2 aromatic carbocycles. The highest BCUT2D eigenvalue weighted by molar-refractivity contribution is 5.92. The standard InChI is InChI=1S/C21H23N3O4/c1-12-14-8-17(25)18(26-2)7-13(14)5-6-24(12)21-15-9-19(27-3)20(28-4)10-16(15)22-11-23-21/h7-12,25H,5-6H2,1-4H3. The highest BCUT2D eigenvalue weighted by Crippen LogP contribution is 2.41. The summed E-state index contributed by atoms with van der Waals surface area (Å²) in [6, 6.07) is 7.52. The van der Waals surface area contributed by atoms with Gasteiger partial charge in [0.1, 0.15) is 12.1 Å². The second-order valence-electron chi connectivity index (χ2n) is 6.76. The molecule has 0 saturated carbocycles. The molecule has 4 rings (SSSR count). The van der Waals surface area contributed by atoms with Gasteiger partial charge in [-0.25, -0.2) is 9.97 Å². The summed E-state index contributed by atoms with van der Waals surface area (Å²) in [6.07, 6.45) is 2.40. The van der Waals surface area contributed by atoms with Crippen molar-refractivity contribution in [1.29, 1.82) is 0 Å². The molecule has 146 valence electrons. The molecule has 1 aliphatic rings. The molecule has 1 aromatic heterocycles. The molecule has 28 heavy (non-hydrogen) atoms. The Hall–Kier alpha value is -3.22. The number of hydrogen-bond donors (Lipinski definition) is 1. The predicted molar refractivity (Wildman–Crippen MR) is 107 cm³/mol. The van der Waals surface area contributed by atoms with Crippen molar-refractivity contribution in [3.63, 3.8) is 0 Å². The summed E-state index contributed by atoms with van der Waals surface area (Å²) >= 11 is 0. The lowest BCUT2D eigenvalue weighted by molar-refractivity contribution is 0.355. The van der Waals surface area contributed by atoms with Gasteiger partial charge in [0.05, 0.1) is 32.9 Å². The lowest BCUT2D eigenvalue weighted by Crippen LogP contribution is -2.34. The topological polar surface area (TPSA) is 76.9 Å². The number of methoxy groups -OCH3 is 3. The summed E-state index contributed by atoms with van der Waals surface area (Å²) < 4.78 is 16.1. The number of ether oxygens (including phenoxy) is 3. The number of phenols is 1. The fraction of sp³-hybridized carbons (Fsp3) is 0.333. The normalized spacial score (nSPS) is 16.0. The lowest BCUT2D eigenvalue weighted by atomic mass is 9.92. The van der Waals surface area contributed by atoms with E-state index in [1.54, 1.807) is 33.7 Å². The zero-order valence-electron chi connectivity index (χ0n) is 16.4. The van der Waals surface area contributed by atoms with E-state index in [0.29, 0.717) is 17.2 Å². The van der Waals surface area contributed by atoms with E-state index in [1.807, 2.05) is 18.2 Å². The van der Waals surface area contributed by atoms with E-state index in [0.717, 1.165) is 35.2 Å². The van der Waals surface area contributed by atoms with Gasteiger partial charge < -0.3 is 24.2 Å². The Labute approximate surface area is 163 Å². The molecule has 1 aliphatic heterocycles. The van der Waals surface area contributed by atoms with Crippen LogP contribution in [0.15, 0.2) is 30.6 Å². The van der Waals surface area contributed by atoms with Crippen LogP contribution in [0.3, 0.4) is 0 Å². The van der Waals surface area contributed by atoms with Gasteiger partial charge in [-0.3, -0.25) is 0 Å². The molecule has 1 atom stereocenters. The van der Waals surface area contributed by atoms with E-state index < -0.39 is 0 Å². The van der Waals surface area contributed by atoms with Crippen LogP contribution in [0.25, 0.3) is 10.9 Å². The molecule has 7 heteroatoms. The monoisotopic (exact) mass is 381 g/mol. The van der Waals surface area contributed by atoms with E-state index in [4.69, 9.17) is 14.2 Å². The molecule has 1 N–H and O–H groups in total. The number of benzene rings is 2. The maximum atomic E-state index is 10.2. The largest absolute Gasteiger partial charge is 0.504 e. The predicted octanol–water partition coefficient (Wildman–Crippen LogP) is 3.48. The van der Waals surface area contributed by atoms with Crippen LogP contribution < -0.4 is 19.1 Å². The number of aromatic nitrogens is 2. The quantitative estimate of drug-likeness (QED) is 0.741. The highest BCUT2D eigenvalue weighted by Gasteiger charge is 2.28. The maximum Gasteiger partial charge on any atom is 0.162 e. The summed E-state index contributed by atoms with van der Waals surface area (Å²) in [6.45, 7) is 2.90. The number of fused-ring (bicyclic) bond motifs is 2. The van der Waals surface area contributed by atoms with Gasteiger partial charge in [-0.05, 0) is 42.7 Å². The van der Waals surface area contributed by atoms with Crippen molar-refractivity contribution in [1.82, 2.24) is 9.97 Å². The second-order valence-corrected chi connectivity index (χ2v) is 6.76. The van der Waals surface area contributed by atoms with Gasteiger partial charge in [0.2, 0.25) is 0 Å². The number of nitrogens with zero attached hydrogens (tertiary/aromatic N) is 3. The highest BCUT2D eigenvalue weighted by atomic mass is 16.5. The number of hydrogen-bond acceptors (Lipinski definition) is 7. The third-order valence-electron chi connectivity index (χ3n) is 5.37. The van der Waals surface area contributed by atoms with Crippen LogP contribution >= 0.6 is 0 Å². The van der Waals surface area contributed by atoms with E-state index in [1.165, 1.54) is 5.56 Å². The molecular formula is C21H23N3O4. The summed E-state index contributed by atoms with van der Waals surface area (Å²) in [7, 11) is 4.79. The SMILES string of the molecule is COc1cc2c(cc1O)C(C)N(c1ncnc3cc(OC)c(OC)cc13)CC2. The van der Waals surface area contributed by atoms with E-state index in [2.05, 4.69) is 21.8 Å². The zero-order valence-corrected chi connectivity index (χ0v) is 16.4. The number of rotatable bonds is 4. The Balaban J connectivity index is 1.81. The zero-order chi connectivity index (χ0) is 19.8. The average molecular weight is 381 g/mol. The first-order valence-corrected chi connectivity index (χ1v) is 9.10. The van der Waals surface area contributed by atoms with Crippen LogP contribution in [0.5, 0.6) is 23.0 Å². The molecule has 0 spiro atoms. The minimum atomic E-state index is 0.0340. The van der Waals surface area contributed by atoms with Gasteiger partial charge in [-0.2, -0.15) is 0 Å². The van der Waals surface area contributed by atoms with E-state index in [-0.39, 0.29) is 11.8 Å². The minimum absolute atomic E-state index is 0.0340. The van der Waals surface area contributed by atoms with Gasteiger partial charge in [-0.15, -0.1) is 0 Å². The van der Waals surface area contributed by atoms with Gasteiger partial charge in [0.25, 0.3) is 0 Å². The minimum Gasteiger partial charge on any atom is -0.504 e. The first-order valence-electron chi connectivity index (χ1n) is 9.10. The Bertz CT molecular complexity index is 1040. The molecule has 0 saturated heterocycles. The van der Waals surface area contributed by atoms with Gasteiger partial charge in [-0.1, -0.05) is 0 Å². The summed E-state index contributed by atoms with van der Waals surface area (Å²) in [5.41, 5.74) is 3.03. The molecule has 7 nitrogen and oxygen atoms in total. The molecule has 0 bridgehead atoms. The molecular weight excluding hydrogens is 358 g/mol. The van der Waals surface area contributed by atoms with E-state index >= 15 is 0 Å². The first-order chi connectivity index (χ1) is 13.6. The van der Waals surface area contributed by atoms with Crippen molar-refractivity contribution in [2.24, 2.45) is 0 Å². The van der Waals surface area contributed by atoms with E-state index in [9.17, 15) is 5.11 Å². The Morgan fingerprint density at radius 2 is 1.68 bits per heavy atom. The van der Waals surface area contributed by atoms with Crippen LogP contribution in [0, 0.1) is 0 Å². The average Bonchev–Trinajstić information content (AvgIpc) is 2.72. The van der Waals surface area contributed by atoms with Gasteiger partial charge in [0.15, 0.2) is 23.0 Å². The maximum absolute atomic E-state index is 10.2. The lowest BCUT2D eigenvalue weighted by Gasteiger charge is -2.37. The van der Waals surface area contributed by atoms with Crippen molar-refractivity contribution in [2.45, 2.75) is 19.4 Å². The summed E-state index contributed by atoms with van der Waals surface area (Å²) in [5.74, 6) is 2.75. The first kappa shape index (κ1) is 18.2. The summed E-state index contributed by atoms with van der Waals surface area (Å²) in [4.78, 5) is 11.2. The van der Waals surface area contributed by atoms with Crippen LogP contribution in [0.2, 0.25) is 0 Å². The third-order valence-corrected chi connectivity index (χ3v) is 5.37. The van der Waals surface area contributed by atoms with Crippen LogP contribution in [0.1, 0.15) is 24.1 Å². The Morgan fingerprint density at radius 3 is 2.39 bits per heavy atom. The van der Waals surface area contributed by atoms with Crippen molar-refractivity contribution >= 4 is 16.7 Å². The fourth-order valence-corrected chi connectivity index (χ4v) is 3.89. The summed E-state index contributed by atoms with van der Waals surface area (Å²) in [5, 5.41) is 11.1. The van der Waals surface area contributed by atoms with Gasteiger partial charge >= 0.3 is 0 Å². The van der Waals surface area contributed by atoms with Crippen molar-refractivity contribution < 1.29 is 19.3 Å². The molecule has 0 fully saturated rings. The van der Waals surface area contributed by atoms with Crippen molar-refractivity contribution in [2.75, 3.05) is 32.8 Å². The molecule has 2 heterocycles. The number of anilines is 1. The molecule has 1 unspecified atom stereocenters. The van der Waals surface area contributed by atoms with Crippen LogP contribution in [-0.2, 0) is 6.42 Å². The Morgan fingerprint density at radius 1 is 0.964 bits per heavy atom. The molecule has 0 radical (unpaired) electrons. The Kier molecular flexibility index (Phi) is 4.58. The smallest absolute Gasteiger partial charge is 0.162 e. The van der Waals surface area contributed by atoms with Crippen molar-refractivity contribution in [3.8, 4) is 23.0 Å². The van der Waals surface area contributed by atoms with Crippen LogP contribution in [-0.4, -0.2) is 42.9 Å². The van der Waals surface area contributed by atoms with Crippen LogP contribution in [0.4, 0.5) is 5.82 Å². The third kappa shape index (κ3) is 2.83. The second kappa shape index (κ2) is 7.07. The fourth-order valence-electron chi connectivity index (χ4n) is 3.89. The molecule has 3 aromatic rings. The number of phenolic OH excluding ortho intramolecular Hbond substituents is 1. The molecule has 0 amide bonds. The number of aromatic hydroxyl groups is 1. The van der Waals surface area contributed by atoms with Crippen molar-refractivity contribution in [3.05, 3.63) is 41.7 Å². The molecule has 0 aliphatic carbocycles.